The highest BCUT2D eigenvalue weighted by molar-refractivity contribution is 5.59. The number of anilines is 2. The monoisotopic (exact) mass is 385 g/mol. The molecular weight excluding hydrogens is 354 g/mol. The molecule has 0 fully saturated rings. The number of hydrogen-bond acceptors (Lipinski definition) is 6. The van der Waals surface area contributed by atoms with Gasteiger partial charge in [0.25, 0.3) is 5.56 Å². The Labute approximate surface area is 167 Å². The normalized spacial score (nSPS) is 14.4. The van der Waals surface area contributed by atoms with Crippen molar-refractivity contribution in [3.63, 3.8) is 0 Å². The third-order valence-electron chi connectivity index (χ3n) is 5.19. The van der Waals surface area contributed by atoms with Crippen molar-refractivity contribution in [1.29, 1.82) is 0 Å². The van der Waals surface area contributed by atoms with Crippen LogP contribution >= 0.6 is 0 Å². The van der Waals surface area contributed by atoms with Crippen molar-refractivity contribution in [2.75, 3.05) is 45.9 Å². The smallest absolute Gasteiger partial charge is 0.259 e. The topological polar surface area (TPSA) is 53.8 Å². The third-order valence-corrected chi connectivity index (χ3v) is 5.19. The van der Waals surface area contributed by atoms with Crippen LogP contribution in [0, 0.1) is 6.92 Å². The Bertz CT molecular complexity index is 860. The average Bonchev–Trinajstić information content (AvgIpc) is 2.68. The average molecular weight is 386 g/mol. The van der Waals surface area contributed by atoms with E-state index in [1.165, 1.54) is 0 Å². The summed E-state index contributed by atoms with van der Waals surface area (Å²) in [5, 5.41) is 0. The lowest BCUT2D eigenvalue weighted by atomic mass is 10.2. The molecule has 0 N–H and O–H groups in total. The highest BCUT2D eigenvalue weighted by Crippen LogP contribution is 2.29. The first-order valence-corrected chi connectivity index (χ1v) is 9.83. The van der Waals surface area contributed by atoms with Crippen LogP contribution in [0.15, 0.2) is 29.1 Å². The minimum absolute atomic E-state index is 0.0702. The van der Waals surface area contributed by atoms with E-state index in [4.69, 9.17) is 9.72 Å². The van der Waals surface area contributed by atoms with Crippen molar-refractivity contribution in [3.8, 4) is 5.75 Å². The summed E-state index contributed by atoms with van der Waals surface area (Å²) in [7, 11) is 5.83. The first-order valence-electron chi connectivity index (χ1n) is 9.83. The molecule has 1 aromatic carbocycles. The maximum atomic E-state index is 13.1. The molecule has 0 aliphatic carbocycles. The van der Waals surface area contributed by atoms with Crippen LogP contribution in [0.4, 0.5) is 11.6 Å². The molecule has 0 saturated carbocycles. The lowest BCUT2D eigenvalue weighted by Crippen LogP contribution is -2.48. The van der Waals surface area contributed by atoms with Crippen molar-refractivity contribution in [3.05, 3.63) is 45.9 Å². The van der Waals surface area contributed by atoms with Crippen molar-refractivity contribution < 1.29 is 4.74 Å². The maximum absolute atomic E-state index is 13.1. The molecule has 0 atom stereocenters. The highest BCUT2D eigenvalue weighted by atomic mass is 16.5. The van der Waals surface area contributed by atoms with E-state index in [2.05, 4.69) is 28.8 Å². The molecule has 152 valence electrons. The Hall–Kier alpha value is -2.38. The fraction of sp³-hybridized carbons (Fsp3) is 0.524. The molecule has 0 bridgehead atoms. The van der Waals surface area contributed by atoms with E-state index in [-0.39, 0.29) is 5.56 Å². The fourth-order valence-electron chi connectivity index (χ4n) is 3.65. The minimum Gasteiger partial charge on any atom is -0.497 e. The van der Waals surface area contributed by atoms with Crippen LogP contribution in [0.1, 0.15) is 24.6 Å². The second-order valence-electron chi connectivity index (χ2n) is 7.52. The highest BCUT2D eigenvalue weighted by Gasteiger charge is 2.27. The van der Waals surface area contributed by atoms with Gasteiger partial charge in [0.05, 0.1) is 20.4 Å². The number of nitrogens with zero attached hydrogens (tertiary/aromatic N) is 5. The zero-order chi connectivity index (χ0) is 20.3. The summed E-state index contributed by atoms with van der Waals surface area (Å²) in [5.41, 5.74) is 2.69. The minimum atomic E-state index is 0.0702. The number of hydrogen-bond donors (Lipinski definition) is 0. The molecule has 1 aliphatic heterocycles. The number of benzene rings is 1. The first-order chi connectivity index (χ1) is 13.4. The summed E-state index contributed by atoms with van der Waals surface area (Å²) >= 11 is 0. The van der Waals surface area contributed by atoms with Crippen LogP contribution in [-0.2, 0) is 13.1 Å². The molecule has 1 aliphatic rings. The van der Waals surface area contributed by atoms with Gasteiger partial charge in [0.15, 0.2) is 0 Å². The Kier molecular flexibility index (Phi) is 6.36. The molecule has 3 rings (SSSR count). The zero-order valence-electron chi connectivity index (χ0n) is 17.6. The molecule has 28 heavy (non-hydrogen) atoms. The second-order valence-corrected chi connectivity index (χ2v) is 7.52. The molecule has 1 aromatic heterocycles. The van der Waals surface area contributed by atoms with E-state index in [9.17, 15) is 4.79 Å². The lowest BCUT2D eigenvalue weighted by Gasteiger charge is -2.38. The molecule has 0 saturated heterocycles. The van der Waals surface area contributed by atoms with E-state index in [0.29, 0.717) is 25.7 Å². The van der Waals surface area contributed by atoms with Crippen molar-refractivity contribution in [1.82, 2.24) is 19.4 Å². The lowest BCUT2D eigenvalue weighted by molar-refractivity contribution is 0.189. The van der Waals surface area contributed by atoms with Crippen LogP contribution in [0.2, 0.25) is 0 Å². The number of fused-ring (bicyclic) bond motifs is 1. The predicted octanol–water partition coefficient (Wildman–Crippen LogP) is 2.44. The number of methoxy groups -OCH3 is 1. The van der Waals surface area contributed by atoms with Crippen LogP contribution in [0.3, 0.4) is 0 Å². The van der Waals surface area contributed by atoms with Gasteiger partial charge in [-0.05, 0) is 64.7 Å². The third kappa shape index (κ3) is 4.20. The summed E-state index contributed by atoms with van der Waals surface area (Å²) < 4.78 is 7.10. The van der Waals surface area contributed by atoms with E-state index in [0.717, 1.165) is 42.2 Å². The van der Waals surface area contributed by atoms with Crippen LogP contribution in [0.5, 0.6) is 5.75 Å². The van der Waals surface area contributed by atoms with Gasteiger partial charge in [0, 0.05) is 23.5 Å². The Morgan fingerprint density at radius 2 is 1.89 bits per heavy atom. The van der Waals surface area contributed by atoms with E-state index in [1.807, 2.05) is 42.7 Å². The molecule has 0 spiro atoms. The Morgan fingerprint density at radius 1 is 1.18 bits per heavy atom. The standard InChI is InChI=1S/C21H31N5O2/c1-6-19-16(2)22-21-25(17-8-10-18(28-5)11-9-17)14-24(13-7-12-23(3)4)15-26(21)20(19)27/h8-11H,6-7,12-15H2,1-5H3. The summed E-state index contributed by atoms with van der Waals surface area (Å²) in [6, 6.07) is 7.91. The Morgan fingerprint density at radius 3 is 2.50 bits per heavy atom. The van der Waals surface area contributed by atoms with Gasteiger partial charge in [-0.1, -0.05) is 6.92 Å². The number of aromatic nitrogens is 2. The molecule has 2 aromatic rings. The zero-order valence-corrected chi connectivity index (χ0v) is 17.6. The van der Waals surface area contributed by atoms with E-state index in [1.54, 1.807) is 7.11 Å². The number of rotatable bonds is 7. The first kappa shape index (κ1) is 20.4. The van der Waals surface area contributed by atoms with Gasteiger partial charge in [-0.15, -0.1) is 0 Å². The quantitative estimate of drug-likeness (QED) is 0.730. The van der Waals surface area contributed by atoms with Crippen LogP contribution in [0.25, 0.3) is 0 Å². The van der Waals surface area contributed by atoms with E-state index < -0.39 is 0 Å². The van der Waals surface area contributed by atoms with Gasteiger partial charge in [0.1, 0.15) is 5.75 Å². The summed E-state index contributed by atoms with van der Waals surface area (Å²) in [6.45, 7) is 7.17. The fourth-order valence-corrected chi connectivity index (χ4v) is 3.65. The largest absolute Gasteiger partial charge is 0.497 e. The Balaban J connectivity index is 1.99. The van der Waals surface area contributed by atoms with Gasteiger partial charge < -0.3 is 9.64 Å². The molecule has 2 heterocycles. The van der Waals surface area contributed by atoms with Crippen LogP contribution < -0.4 is 15.2 Å². The van der Waals surface area contributed by atoms with Crippen LogP contribution in [-0.4, -0.2) is 60.3 Å². The second kappa shape index (κ2) is 8.75. The van der Waals surface area contributed by atoms with Gasteiger partial charge in [0.2, 0.25) is 5.95 Å². The summed E-state index contributed by atoms with van der Waals surface area (Å²) in [4.78, 5) is 24.5. The van der Waals surface area contributed by atoms with Gasteiger partial charge in [-0.3, -0.25) is 19.2 Å². The van der Waals surface area contributed by atoms with E-state index >= 15 is 0 Å². The van der Waals surface area contributed by atoms with Crippen molar-refractivity contribution >= 4 is 11.6 Å². The SMILES string of the molecule is CCc1c(C)nc2n(c1=O)CN(CCCN(C)C)CN2c1ccc(OC)cc1. The molecule has 7 nitrogen and oxygen atoms in total. The maximum Gasteiger partial charge on any atom is 0.259 e. The number of aryl methyl sites for hydroxylation is 1. The number of ether oxygens (including phenoxy) is 1. The molecular formula is C21H31N5O2. The predicted molar refractivity (Wildman–Crippen MR) is 112 cm³/mol. The van der Waals surface area contributed by atoms with Gasteiger partial charge in [-0.25, -0.2) is 4.98 Å². The summed E-state index contributed by atoms with van der Waals surface area (Å²) in [5.74, 6) is 1.53. The van der Waals surface area contributed by atoms with Crippen molar-refractivity contribution in [2.45, 2.75) is 33.4 Å². The molecule has 0 amide bonds. The molecule has 0 unspecified atom stereocenters. The van der Waals surface area contributed by atoms with Gasteiger partial charge in [-0.2, -0.15) is 0 Å². The molecule has 0 radical (unpaired) electrons. The van der Waals surface area contributed by atoms with Gasteiger partial charge >= 0.3 is 0 Å². The summed E-state index contributed by atoms with van der Waals surface area (Å²) in [6.07, 6.45) is 1.74. The molecule has 7 heteroatoms. The van der Waals surface area contributed by atoms with Crippen molar-refractivity contribution in [2.24, 2.45) is 0 Å².